The minimum Gasteiger partial charge on any atom is -0.497 e. The summed E-state index contributed by atoms with van der Waals surface area (Å²) in [6, 6.07) is 20.9. The van der Waals surface area contributed by atoms with Crippen LogP contribution in [0.15, 0.2) is 72.9 Å². The first kappa shape index (κ1) is 16.8. The van der Waals surface area contributed by atoms with Crippen LogP contribution in [0.25, 0.3) is 16.9 Å². The molecule has 1 amide bonds. The zero-order valence-corrected chi connectivity index (χ0v) is 15.1. The number of carbonyl (C=O) groups excluding carboxylic acids is 1. The van der Waals surface area contributed by atoms with Crippen molar-refractivity contribution < 1.29 is 9.53 Å². The number of hydrogen-bond acceptors (Lipinski definition) is 3. The molecule has 0 fully saturated rings. The van der Waals surface area contributed by atoms with Crippen LogP contribution in [0, 0.1) is 6.92 Å². The van der Waals surface area contributed by atoms with Gasteiger partial charge < -0.3 is 10.1 Å². The number of rotatable bonds is 4. The molecule has 0 spiro atoms. The van der Waals surface area contributed by atoms with Crippen LogP contribution in [0.4, 0.5) is 5.82 Å². The van der Waals surface area contributed by atoms with Crippen molar-refractivity contribution in [3.63, 3.8) is 0 Å². The number of fused-ring (bicyclic) bond motifs is 1. The van der Waals surface area contributed by atoms with E-state index in [4.69, 9.17) is 9.72 Å². The Labute approximate surface area is 157 Å². The number of aromatic nitrogens is 2. The molecule has 5 nitrogen and oxygen atoms in total. The van der Waals surface area contributed by atoms with Gasteiger partial charge in [-0.25, -0.2) is 4.98 Å². The Morgan fingerprint density at radius 3 is 2.44 bits per heavy atom. The van der Waals surface area contributed by atoms with Crippen molar-refractivity contribution in [3.05, 3.63) is 84.1 Å². The molecule has 1 N–H and O–H groups in total. The summed E-state index contributed by atoms with van der Waals surface area (Å²) in [6.07, 6.45) is 1.89. The van der Waals surface area contributed by atoms with Crippen molar-refractivity contribution in [2.75, 3.05) is 12.4 Å². The van der Waals surface area contributed by atoms with Crippen molar-refractivity contribution in [2.24, 2.45) is 0 Å². The number of amides is 1. The van der Waals surface area contributed by atoms with Gasteiger partial charge in [-0.1, -0.05) is 23.8 Å². The smallest absolute Gasteiger partial charge is 0.256 e. The molecule has 0 atom stereocenters. The first-order chi connectivity index (χ1) is 13.2. The maximum Gasteiger partial charge on any atom is 0.256 e. The molecular weight excluding hydrogens is 338 g/mol. The van der Waals surface area contributed by atoms with Gasteiger partial charge in [0, 0.05) is 17.3 Å². The van der Waals surface area contributed by atoms with Crippen LogP contribution in [0.3, 0.4) is 0 Å². The highest BCUT2D eigenvalue weighted by Crippen LogP contribution is 2.30. The van der Waals surface area contributed by atoms with Gasteiger partial charge in [0.15, 0.2) is 0 Å². The Hall–Kier alpha value is -3.60. The van der Waals surface area contributed by atoms with Gasteiger partial charge in [-0.15, -0.1) is 0 Å². The first-order valence-electron chi connectivity index (χ1n) is 8.65. The average molecular weight is 357 g/mol. The summed E-state index contributed by atoms with van der Waals surface area (Å²) in [5.74, 6) is 1.24. The molecule has 0 bridgehead atoms. The van der Waals surface area contributed by atoms with Crippen LogP contribution in [0.5, 0.6) is 5.75 Å². The molecular formula is C22H19N3O2. The van der Waals surface area contributed by atoms with Crippen molar-refractivity contribution in [1.29, 1.82) is 0 Å². The number of methoxy groups -OCH3 is 1. The number of nitrogens with zero attached hydrogens (tertiary/aromatic N) is 2. The van der Waals surface area contributed by atoms with E-state index in [0.717, 1.165) is 22.5 Å². The third-order valence-electron chi connectivity index (χ3n) is 4.44. The van der Waals surface area contributed by atoms with Crippen LogP contribution in [0.1, 0.15) is 15.9 Å². The molecule has 0 aliphatic heterocycles. The number of aryl methyl sites for hydroxylation is 1. The standard InChI is InChI=1S/C22H19N3O2/c1-15-6-8-17(9-7-15)22(26)24-21-20(16-10-12-18(27-2)13-11-16)23-19-5-3-4-14-25(19)21/h3-14H,1-2H3,(H,24,26). The van der Waals surface area contributed by atoms with E-state index >= 15 is 0 Å². The number of anilines is 1. The lowest BCUT2D eigenvalue weighted by Crippen LogP contribution is -2.14. The molecule has 0 radical (unpaired) electrons. The van der Waals surface area contributed by atoms with Gasteiger partial charge in [-0.05, 0) is 55.5 Å². The van der Waals surface area contributed by atoms with E-state index in [1.54, 1.807) is 7.11 Å². The van der Waals surface area contributed by atoms with Crippen molar-refractivity contribution >= 4 is 17.4 Å². The van der Waals surface area contributed by atoms with Gasteiger partial charge in [-0.3, -0.25) is 9.20 Å². The molecule has 4 aromatic rings. The first-order valence-corrected chi connectivity index (χ1v) is 8.65. The normalized spacial score (nSPS) is 10.7. The summed E-state index contributed by atoms with van der Waals surface area (Å²) in [7, 11) is 1.63. The highest BCUT2D eigenvalue weighted by Gasteiger charge is 2.17. The quantitative estimate of drug-likeness (QED) is 0.582. The van der Waals surface area contributed by atoms with E-state index in [-0.39, 0.29) is 5.91 Å². The zero-order chi connectivity index (χ0) is 18.8. The Balaban J connectivity index is 1.78. The molecule has 0 aliphatic carbocycles. The van der Waals surface area contributed by atoms with Gasteiger partial charge in [0.1, 0.15) is 22.9 Å². The number of imidazole rings is 1. The SMILES string of the molecule is COc1ccc(-c2nc3ccccn3c2NC(=O)c2ccc(C)cc2)cc1. The number of benzene rings is 2. The minimum absolute atomic E-state index is 0.171. The second-order valence-electron chi connectivity index (χ2n) is 6.29. The van der Waals surface area contributed by atoms with Crippen molar-refractivity contribution in [1.82, 2.24) is 9.38 Å². The molecule has 2 heterocycles. The Morgan fingerprint density at radius 1 is 1.00 bits per heavy atom. The predicted octanol–water partition coefficient (Wildman–Crippen LogP) is 4.57. The molecule has 0 saturated carbocycles. The van der Waals surface area contributed by atoms with E-state index in [0.29, 0.717) is 17.1 Å². The molecule has 0 aliphatic rings. The van der Waals surface area contributed by atoms with Gasteiger partial charge in [0.2, 0.25) is 0 Å². The van der Waals surface area contributed by atoms with Crippen LogP contribution in [-0.2, 0) is 0 Å². The fraction of sp³-hybridized carbons (Fsp3) is 0.0909. The summed E-state index contributed by atoms with van der Waals surface area (Å²) in [6.45, 7) is 1.99. The zero-order valence-electron chi connectivity index (χ0n) is 15.1. The second kappa shape index (κ2) is 6.96. The molecule has 4 rings (SSSR count). The van der Waals surface area contributed by atoms with Crippen LogP contribution in [-0.4, -0.2) is 22.4 Å². The fourth-order valence-electron chi connectivity index (χ4n) is 2.95. The van der Waals surface area contributed by atoms with Gasteiger partial charge in [-0.2, -0.15) is 0 Å². The average Bonchev–Trinajstić information content (AvgIpc) is 3.07. The number of carbonyl (C=O) groups is 1. The Kier molecular flexibility index (Phi) is 4.34. The molecule has 0 saturated heterocycles. The second-order valence-corrected chi connectivity index (χ2v) is 6.29. The summed E-state index contributed by atoms with van der Waals surface area (Å²) in [5, 5.41) is 3.03. The maximum atomic E-state index is 12.8. The third kappa shape index (κ3) is 3.27. The molecule has 27 heavy (non-hydrogen) atoms. The maximum absolute atomic E-state index is 12.8. The molecule has 5 heteroatoms. The third-order valence-corrected chi connectivity index (χ3v) is 4.44. The summed E-state index contributed by atoms with van der Waals surface area (Å²) < 4.78 is 7.11. The van der Waals surface area contributed by atoms with Gasteiger partial charge in [0.05, 0.1) is 7.11 Å². The monoisotopic (exact) mass is 357 g/mol. The van der Waals surface area contributed by atoms with Gasteiger partial charge in [0.25, 0.3) is 5.91 Å². The summed E-state index contributed by atoms with van der Waals surface area (Å²) in [4.78, 5) is 17.5. The van der Waals surface area contributed by atoms with Crippen LogP contribution in [0.2, 0.25) is 0 Å². The number of pyridine rings is 1. The fourth-order valence-corrected chi connectivity index (χ4v) is 2.95. The lowest BCUT2D eigenvalue weighted by Gasteiger charge is -2.09. The molecule has 2 aromatic heterocycles. The minimum atomic E-state index is -0.171. The highest BCUT2D eigenvalue weighted by molar-refractivity contribution is 6.05. The number of nitrogens with one attached hydrogen (secondary N) is 1. The molecule has 134 valence electrons. The van der Waals surface area contributed by atoms with E-state index < -0.39 is 0 Å². The summed E-state index contributed by atoms with van der Waals surface area (Å²) in [5.41, 5.74) is 4.10. The lowest BCUT2D eigenvalue weighted by atomic mass is 10.1. The van der Waals surface area contributed by atoms with E-state index in [2.05, 4.69) is 5.32 Å². The molecule has 0 unspecified atom stereocenters. The number of hydrogen-bond donors (Lipinski definition) is 1. The predicted molar refractivity (Wildman–Crippen MR) is 106 cm³/mol. The largest absolute Gasteiger partial charge is 0.497 e. The van der Waals surface area contributed by atoms with Crippen LogP contribution >= 0.6 is 0 Å². The van der Waals surface area contributed by atoms with Crippen LogP contribution < -0.4 is 10.1 Å². The lowest BCUT2D eigenvalue weighted by molar-refractivity contribution is 0.102. The Morgan fingerprint density at radius 2 is 1.74 bits per heavy atom. The number of ether oxygens (including phenoxy) is 1. The summed E-state index contributed by atoms with van der Waals surface area (Å²) >= 11 is 0. The highest BCUT2D eigenvalue weighted by atomic mass is 16.5. The van der Waals surface area contributed by atoms with E-state index in [1.165, 1.54) is 0 Å². The molecule has 2 aromatic carbocycles. The van der Waals surface area contributed by atoms with Crippen molar-refractivity contribution in [3.8, 4) is 17.0 Å². The van der Waals surface area contributed by atoms with E-state index in [9.17, 15) is 4.79 Å². The Bertz CT molecular complexity index is 1100. The van der Waals surface area contributed by atoms with Crippen molar-refractivity contribution in [2.45, 2.75) is 6.92 Å². The van der Waals surface area contributed by atoms with Gasteiger partial charge >= 0.3 is 0 Å². The van der Waals surface area contributed by atoms with E-state index in [1.807, 2.05) is 84.3 Å². The topological polar surface area (TPSA) is 55.6 Å².